The molecule has 0 amide bonds. The normalized spacial score (nSPS) is 23.0. The standard InChI is InChI=1S/C17H28N2/c1-3-15-5-4-11-19(12-10-15)13-17(18)16-8-6-14(2)7-9-16/h6-9,15,17H,3-5,10-13,18H2,1-2H3. The van der Waals surface area contributed by atoms with E-state index in [9.17, 15) is 0 Å². The Morgan fingerprint density at radius 2 is 1.95 bits per heavy atom. The number of hydrogen-bond acceptors (Lipinski definition) is 2. The number of nitrogens with zero attached hydrogens (tertiary/aromatic N) is 1. The second-order valence-electron chi connectivity index (χ2n) is 6.02. The maximum Gasteiger partial charge on any atom is 0.0424 e. The van der Waals surface area contributed by atoms with E-state index in [4.69, 9.17) is 5.73 Å². The summed E-state index contributed by atoms with van der Waals surface area (Å²) in [5.41, 5.74) is 8.92. The highest BCUT2D eigenvalue weighted by Gasteiger charge is 2.18. The molecule has 1 aromatic carbocycles. The van der Waals surface area contributed by atoms with Crippen molar-refractivity contribution in [2.45, 2.75) is 45.6 Å². The molecule has 2 atom stereocenters. The van der Waals surface area contributed by atoms with Gasteiger partial charge < -0.3 is 10.6 Å². The van der Waals surface area contributed by atoms with E-state index in [1.807, 2.05) is 0 Å². The number of benzene rings is 1. The minimum absolute atomic E-state index is 0.152. The minimum Gasteiger partial charge on any atom is -0.323 e. The zero-order valence-electron chi connectivity index (χ0n) is 12.4. The summed E-state index contributed by atoms with van der Waals surface area (Å²) in [5.74, 6) is 0.931. The zero-order chi connectivity index (χ0) is 13.7. The van der Waals surface area contributed by atoms with Crippen molar-refractivity contribution in [1.29, 1.82) is 0 Å². The van der Waals surface area contributed by atoms with Crippen LogP contribution in [0.15, 0.2) is 24.3 Å². The lowest BCUT2D eigenvalue weighted by atomic mass is 9.98. The average molecular weight is 260 g/mol. The van der Waals surface area contributed by atoms with Crippen LogP contribution in [0.3, 0.4) is 0 Å². The molecule has 2 unspecified atom stereocenters. The first-order valence-electron chi connectivity index (χ1n) is 7.73. The van der Waals surface area contributed by atoms with Gasteiger partial charge in [-0.2, -0.15) is 0 Å². The number of hydrogen-bond donors (Lipinski definition) is 1. The van der Waals surface area contributed by atoms with Gasteiger partial charge in [0.25, 0.3) is 0 Å². The lowest BCUT2D eigenvalue weighted by molar-refractivity contribution is 0.263. The van der Waals surface area contributed by atoms with E-state index in [0.717, 1.165) is 12.5 Å². The molecule has 2 N–H and O–H groups in total. The summed E-state index contributed by atoms with van der Waals surface area (Å²) in [4.78, 5) is 2.56. The molecule has 2 nitrogen and oxygen atoms in total. The molecule has 0 saturated carbocycles. The van der Waals surface area contributed by atoms with Crippen LogP contribution in [0, 0.1) is 12.8 Å². The van der Waals surface area contributed by atoms with Gasteiger partial charge in [-0.3, -0.25) is 0 Å². The zero-order valence-corrected chi connectivity index (χ0v) is 12.4. The molecule has 1 aliphatic rings. The van der Waals surface area contributed by atoms with Crippen LogP contribution < -0.4 is 5.73 Å². The Kier molecular flexibility index (Phi) is 5.41. The molecule has 0 radical (unpaired) electrons. The summed E-state index contributed by atoms with van der Waals surface area (Å²) >= 11 is 0. The molecule has 2 rings (SSSR count). The van der Waals surface area contributed by atoms with Gasteiger partial charge >= 0.3 is 0 Å². The van der Waals surface area contributed by atoms with Crippen molar-refractivity contribution in [3.05, 3.63) is 35.4 Å². The molecule has 2 heteroatoms. The highest BCUT2D eigenvalue weighted by Crippen LogP contribution is 2.21. The summed E-state index contributed by atoms with van der Waals surface area (Å²) in [6.45, 7) is 7.88. The van der Waals surface area contributed by atoms with Crippen molar-refractivity contribution in [3.8, 4) is 0 Å². The molecule has 0 aliphatic carbocycles. The van der Waals surface area contributed by atoms with E-state index < -0.39 is 0 Å². The molecule has 1 aromatic rings. The van der Waals surface area contributed by atoms with Crippen molar-refractivity contribution in [3.63, 3.8) is 0 Å². The monoisotopic (exact) mass is 260 g/mol. The van der Waals surface area contributed by atoms with E-state index in [1.54, 1.807) is 0 Å². The molecular formula is C17H28N2. The fraction of sp³-hybridized carbons (Fsp3) is 0.647. The molecule has 1 heterocycles. The first kappa shape index (κ1) is 14.5. The second kappa shape index (κ2) is 7.06. The van der Waals surface area contributed by atoms with E-state index in [0.29, 0.717) is 0 Å². The molecule has 0 bridgehead atoms. The maximum atomic E-state index is 6.35. The fourth-order valence-corrected chi connectivity index (χ4v) is 3.01. The van der Waals surface area contributed by atoms with E-state index >= 15 is 0 Å². The van der Waals surface area contributed by atoms with Crippen LogP contribution in [-0.2, 0) is 0 Å². The van der Waals surface area contributed by atoms with Gasteiger partial charge in [0, 0.05) is 12.6 Å². The lowest BCUT2D eigenvalue weighted by Crippen LogP contribution is -2.33. The first-order valence-corrected chi connectivity index (χ1v) is 7.73. The maximum absolute atomic E-state index is 6.35. The Balaban J connectivity index is 1.88. The van der Waals surface area contributed by atoms with Crippen molar-refractivity contribution < 1.29 is 0 Å². The van der Waals surface area contributed by atoms with Crippen molar-refractivity contribution >= 4 is 0 Å². The van der Waals surface area contributed by atoms with Crippen LogP contribution in [0.1, 0.15) is 49.8 Å². The van der Waals surface area contributed by atoms with Gasteiger partial charge in [0.1, 0.15) is 0 Å². The first-order chi connectivity index (χ1) is 9.19. The predicted octanol–water partition coefficient (Wildman–Crippen LogP) is 3.51. The number of rotatable bonds is 4. The summed E-state index contributed by atoms with van der Waals surface area (Å²) < 4.78 is 0. The van der Waals surface area contributed by atoms with Crippen LogP contribution in [0.2, 0.25) is 0 Å². The largest absolute Gasteiger partial charge is 0.323 e. The predicted molar refractivity (Wildman–Crippen MR) is 82.2 cm³/mol. The third kappa shape index (κ3) is 4.32. The van der Waals surface area contributed by atoms with Crippen LogP contribution in [0.5, 0.6) is 0 Å². The van der Waals surface area contributed by atoms with Crippen molar-refractivity contribution in [2.75, 3.05) is 19.6 Å². The van der Waals surface area contributed by atoms with E-state index in [-0.39, 0.29) is 6.04 Å². The number of nitrogens with two attached hydrogens (primary N) is 1. The molecule has 19 heavy (non-hydrogen) atoms. The van der Waals surface area contributed by atoms with Gasteiger partial charge in [0.2, 0.25) is 0 Å². The molecule has 1 fully saturated rings. The van der Waals surface area contributed by atoms with Gasteiger partial charge in [0.15, 0.2) is 0 Å². The SMILES string of the molecule is CCC1CCCN(CC(N)c2ccc(C)cc2)CC1. The van der Waals surface area contributed by atoms with Gasteiger partial charge in [-0.1, -0.05) is 43.2 Å². The quantitative estimate of drug-likeness (QED) is 0.897. The Labute approximate surface area is 118 Å². The Morgan fingerprint density at radius 1 is 1.21 bits per heavy atom. The molecule has 0 aromatic heterocycles. The summed E-state index contributed by atoms with van der Waals surface area (Å²) in [7, 11) is 0. The minimum atomic E-state index is 0.152. The van der Waals surface area contributed by atoms with Gasteiger partial charge in [-0.25, -0.2) is 0 Å². The summed E-state index contributed by atoms with van der Waals surface area (Å²) in [5, 5.41) is 0. The van der Waals surface area contributed by atoms with Crippen LogP contribution in [-0.4, -0.2) is 24.5 Å². The third-order valence-electron chi connectivity index (χ3n) is 4.48. The number of aryl methyl sites for hydroxylation is 1. The molecule has 1 saturated heterocycles. The van der Waals surface area contributed by atoms with Crippen LogP contribution in [0.4, 0.5) is 0 Å². The molecular weight excluding hydrogens is 232 g/mol. The van der Waals surface area contributed by atoms with E-state index in [2.05, 4.69) is 43.0 Å². The molecule has 0 spiro atoms. The molecule has 1 aliphatic heterocycles. The van der Waals surface area contributed by atoms with E-state index in [1.165, 1.54) is 49.9 Å². The smallest absolute Gasteiger partial charge is 0.0424 e. The summed E-state index contributed by atoms with van der Waals surface area (Å²) in [6, 6.07) is 8.81. The average Bonchev–Trinajstić information content (AvgIpc) is 2.64. The fourth-order valence-electron chi connectivity index (χ4n) is 3.01. The third-order valence-corrected chi connectivity index (χ3v) is 4.48. The lowest BCUT2D eigenvalue weighted by Gasteiger charge is -2.24. The Bertz CT molecular complexity index is 371. The highest BCUT2D eigenvalue weighted by molar-refractivity contribution is 5.24. The topological polar surface area (TPSA) is 29.3 Å². The van der Waals surface area contributed by atoms with Gasteiger partial charge in [0.05, 0.1) is 0 Å². The van der Waals surface area contributed by atoms with Crippen LogP contribution >= 0.6 is 0 Å². The Hall–Kier alpha value is -0.860. The highest BCUT2D eigenvalue weighted by atomic mass is 15.1. The van der Waals surface area contributed by atoms with Crippen molar-refractivity contribution in [1.82, 2.24) is 4.90 Å². The molecule has 106 valence electrons. The Morgan fingerprint density at radius 3 is 2.63 bits per heavy atom. The second-order valence-corrected chi connectivity index (χ2v) is 6.02. The van der Waals surface area contributed by atoms with Gasteiger partial charge in [-0.15, -0.1) is 0 Å². The van der Waals surface area contributed by atoms with Crippen molar-refractivity contribution in [2.24, 2.45) is 11.7 Å². The van der Waals surface area contributed by atoms with Crippen LogP contribution in [0.25, 0.3) is 0 Å². The van der Waals surface area contributed by atoms with Gasteiger partial charge in [-0.05, 0) is 50.8 Å². The number of likely N-dealkylation sites (tertiary alicyclic amines) is 1. The summed E-state index contributed by atoms with van der Waals surface area (Å²) in [6.07, 6.45) is 5.40.